The molecule has 0 aromatic rings. The minimum Gasteiger partial charge on any atom is -0.462 e. The fourth-order valence-corrected chi connectivity index (χ4v) is 11.3. The van der Waals surface area contributed by atoms with Crippen LogP contribution < -0.4 is 0 Å². The molecule has 0 aromatic carbocycles. The molecule has 1 unspecified atom stereocenters. The van der Waals surface area contributed by atoms with Crippen molar-refractivity contribution in [3.8, 4) is 0 Å². The zero-order valence-electron chi connectivity index (χ0n) is 55.5. The lowest BCUT2D eigenvalue weighted by Crippen LogP contribution is -2.30. The molecule has 482 valence electrons. The largest absolute Gasteiger partial charge is 0.462 e. The summed E-state index contributed by atoms with van der Waals surface area (Å²) >= 11 is 0. The summed E-state index contributed by atoms with van der Waals surface area (Å²) in [5, 5.41) is 0. The van der Waals surface area contributed by atoms with Gasteiger partial charge in [0.1, 0.15) is 13.2 Å². The van der Waals surface area contributed by atoms with Gasteiger partial charge in [-0.3, -0.25) is 14.4 Å². The van der Waals surface area contributed by atoms with E-state index in [-0.39, 0.29) is 31.1 Å². The predicted molar refractivity (Wildman–Crippen MR) is 358 cm³/mol. The van der Waals surface area contributed by atoms with Crippen LogP contribution in [-0.2, 0) is 28.6 Å². The minimum absolute atomic E-state index is 0.0660. The quantitative estimate of drug-likeness (QED) is 0.0261. The number of unbranched alkanes of at least 4 members (excludes halogenated alkanes) is 52. The van der Waals surface area contributed by atoms with Crippen molar-refractivity contribution in [3.63, 3.8) is 0 Å². The Balaban J connectivity index is 4.11. The van der Waals surface area contributed by atoms with Gasteiger partial charge < -0.3 is 14.2 Å². The van der Waals surface area contributed by atoms with Gasteiger partial charge in [0.15, 0.2) is 6.10 Å². The van der Waals surface area contributed by atoms with Gasteiger partial charge in [-0.25, -0.2) is 0 Å². The van der Waals surface area contributed by atoms with Crippen LogP contribution in [0.5, 0.6) is 0 Å². The molecule has 6 nitrogen and oxygen atoms in total. The zero-order chi connectivity index (χ0) is 59.2. The highest BCUT2D eigenvalue weighted by Crippen LogP contribution is 2.19. The summed E-state index contributed by atoms with van der Waals surface area (Å²) in [6, 6.07) is 0. The molecule has 0 N–H and O–H groups in total. The highest BCUT2D eigenvalue weighted by atomic mass is 16.6. The fraction of sp³-hybridized carbons (Fsp3) is 0.882. The molecule has 0 saturated heterocycles. The van der Waals surface area contributed by atoms with Crippen LogP contribution in [0.1, 0.15) is 412 Å². The van der Waals surface area contributed by atoms with Crippen molar-refractivity contribution in [3.05, 3.63) is 36.5 Å². The maximum atomic E-state index is 12.9. The van der Waals surface area contributed by atoms with Gasteiger partial charge in [0, 0.05) is 19.3 Å². The Bertz CT molecular complexity index is 1370. The summed E-state index contributed by atoms with van der Waals surface area (Å²) in [7, 11) is 0. The summed E-state index contributed by atoms with van der Waals surface area (Å²) in [6.45, 7) is 6.69. The molecule has 0 aliphatic carbocycles. The van der Waals surface area contributed by atoms with Crippen LogP contribution in [0.2, 0.25) is 0 Å². The van der Waals surface area contributed by atoms with Crippen molar-refractivity contribution in [2.45, 2.75) is 419 Å². The van der Waals surface area contributed by atoms with Gasteiger partial charge in [0.2, 0.25) is 0 Å². The molecule has 82 heavy (non-hydrogen) atoms. The second kappa shape index (κ2) is 71.1. The van der Waals surface area contributed by atoms with Gasteiger partial charge in [-0.1, -0.05) is 353 Å². The number of carbonyl (C=O) groups excluding carboxylic acids is 3. The van der Waals surface area contributed by atoms with E-state index in [0.717, 1.165) is 64.2 Å². The van der Waals surface area contributed by atoms with Gasteiger partial charge in [0.25, 0.3) is 0 Å². The van der Waals surface area contributed by atoms with Gasteiger partial charge in [0.05, 0.1) is 0 Å². The van der Waals surface area contributed by atoms with Crippen LogP contribution in [0.3, 0.4) is 0 Å². The Kier molecular flexibility index (Phi) is 69.1. The maximum absolute atomic E-state index is 12.9. The summed E-state index contributed by atoms with van der Waals surface area (Å²) in [5.74, 6) is -0.837. The molecular formula is C76H142O6. The van der Waals surface area contributed by atoms with E-state index >= 15 is 0 Å². The summed E-state index contributed by atoms with van der Waals surface area (Å²) in [6.07, 6.45) is 89.1. The van der Waals surface area contributed by atoms with E-state index in [1.807, 2.05) is 0 Å². The van der Waals surface area contributed by atoms with E-state index in [4.69, 9.17) is 14.2 Å². The molecule has 0 bridgehead atoms. The third-order valence-corrected chi connectivity index (χ3v) is 16.9. The molecule has 0 saturated carbocycles. The standard InChI is InChI=1S/C76H142O6/c1-4-7-10-13-16-19-22-24-26-28-30-32-34-36-37-38-39-41-42-44-46-48-50-52-54-57-60-63-66-69-75(78)81-72-73(71-80-74(77)68-65-62-59-56-21-18-15-12-9-6-3)82-76(79)70-67-64-61-58-55-53-51-49-47-45-43-40-35-33-31-29-27-25-23-20-17-14-11-8-5-2/h22,24,28-31,73H,4-21,23,25-27,32-72H2,1-3H3/b24-22-,30-28-,31-29-. The first kappa shape index (κ1) is 79.6. The minimum atomic E-state index is -0.769. The molecule has 0 aliphatic heterocycles. The average molecular weight is 1150 g/mol. The SMILES string of the molecule is CCCCCCC/C=C\C/C=C\CCCCCCCCCCCCCCCCCCCC(=O)OCC(COC(=O)CCCCCCCCCCCC)OC(=O)CCCCCCCCCCCCCCC/C=C\CCCCCCCCCC. The lowest BCUT2D eigenvalue weighted by molar-refractivity contribution is -0.167. The third kappa shape index (κ3) is 68.4. The third-order valence-electron chi connectivity index (χ3n) is 16.9. The van der Waals surface area contributed by atoms with Crippen molar-refractivity contribution >= 4 is 17.9 Å². The fourth-order valence-electron chi connectivity index (χ4n) is 11.3. The van der Waals surface area contributed by atoms with Crippen LogP contribution in [0.25, 0.3) is 0 Å². The van der Waals surface area contributed by atoms with Crippen LogP contribution in [-0.4, -0.2) is 37.2 Å². The van der Waals surface area contributed by atoms with E-state index < -0.39 is 6.10 Å². The Hall–Kier alpha value is -2.37. The Morgan fingerprint density at radius 2 is 0.439 bits per heavy atom. The van der Waals surface area contributed by atoms with Gasteiger partial charge >= 0.3 is 17.9 Å². The first-order valence-electron chi connectivity index (χ1n) is 37.0. The molecule has 0 heterocycles. The molecule has 0 rings (SSSR count). The average Bonchev–Trinajstić information content (AvgIpc) is 3.48. The first-order valence-corrected chi connectivity index (χ1v) is 37.0. The van der Waals surface area contributed by atoms with Gasteiger partial charge in [-0.15, -0.1) is 0 Å². The van der Waals surface area contributed by atoms with Crippen LogP contribution in [0, 0.1) is 0 Å². The topological polar surface area (TPSA) is 78.9 Å². The summed E-state index contributed by atoms with van der Waals surface area (Å²) < 4.78 is 17.0. The lowest BCUT2D eigenvalue weighted by atomic mass is 10.0. The van der Waals surface area contributed by atoms with Gasteiger partial charge in [-0.2, -0.15) is 0 Å². The summed E-state index contributed by atoms with van der Waals surface area (Å²) in [5.41, 5.74) is 0. The molecule has 0 spiro atoms. The van der Waals surface area contributed by atoms with Crippen LogP contribution in [0.4, 0.5) is 0 Å². The number of esters is 3. The smallest absolute Gasteiger partial charge is 0.306 e. The van der Waals surface area contributed by atoms with E-state index in [1.54, 1.807) is 0 Å². The zero-order valence-corrected chi connectivity index (χ0v) is 55.5. The van der Waals surface area contributed by atoms with E-state index in [1.165, 1.54) is 308 Å². The normalized spacial score (nSPS) is 12.2. The van der Waals surface area contributed by atoms with Crippen molar-refractivity contribution in [1.29, 1.82) is 0 Å². The number of hydrogen-bond donors (Lipinski definition) is 0. The molecule has 0 aliphatic rings. The van der Waals surface area contributed by atoms with Crippen LogP contribution in [0.15, 0.2) is 36.5 Å². The Morgan fingerprint density at radius 3 is 0.683 bits per heavy atom. The molecular weight excluding hydrogens is 1010 g/mol. The maximum Gasteiger partial charge on any atom is 0.306 e. The molecule has 1 atom stereocenters. The van der Waals surface area contributed by atoms with Crippen molar-refractivity contribution in [2.24, 2.45) is 0 Å². The summed E-state index contributed by atoms with van der Waals surface area (Å²) in [4.78, 5) is 38.4. The molecule has 0 amide bonds. The second-order valence-corrected chi connectivity index (χ2v) is 25.2. The molecule has 0 fully saturated rings. The molecule has 0 radical (unpaired) electrons. The number of ether oxygens (including phenoxy) is 3. The lowest BCUT2D eigenvalue weighted by Gasteiger charge is -2.18. The Labute approximate surface area is 512 Å². The van der Waals surface area contributed by atoms with E-state index in [2.05, 4.69) is 57.2 Å². The number of rotatable bonds is 69. The number of carbonyl (C=O) groups is 3. The van der Waals surface area contributed by atoms with E-state index in [0.29, 0.717) is 19.3 Å². The first-order chi connectivity index (χ1) is 40.5. The number of hydrogen-bond acceptors (Lipinski definition) is 6. The molecule has 0 aromatic heterocycles. The monoisotopic (exact) mass is 1150 g/mol. The highest BCUT2D eigenvalue weighted by molar-refractivity contribution is 5.71. The van der Waals surface area contributed by atoms with Gasteiger partial charge in [-0.05, 0) is 77.0 Å². The van der Waals surface area contributed by atoms with Crippen LogP contribution >= 0.6 is 0 Å². The number of allylic oxidation sites excluding steroid dienone is 6. The second-order valence-electron chi connectivity index (χ2n) is 25.2. The predicted octanol–water partition coefficient (Wildman–Crippen LogP) is 25.5. The van der Waals surface area contributed by atoms with Crippen molar-refractivity contribution in [1.82, 2.24) is 0 Å². The Morgan fingerprint density at radius 1 is 0.244 bits per heavy atom. The highest BCUT2D eigenvalue weighted by Gasteiger charge is 2.20. The molecule has 6 heteroatoms. The van der Waals surface area contributed by atoms with E-state index in [9.17, 15) is 14.4 Å². The van der Waals surface area contributed by atoms with Crippen molar-refractivity contribution in [2.75, 3.05) is 13.2 Å². The van der Waals surface area contributed by atoms with Crippen molar-refractivity contribution < 1.29 is 28.6 Å².